The highest BCUT2D eigenvalue weighted by Gasteiger charge is 2.08. The average Bonchev–Trinajstić information content (AvgIpc) is 2.17. The third-order valence-corrected chi connectivity index (χ3v) is 1.67. The van der Waals surface area contributed by atoms with Gasteiger partial charge in [-0.2, -0.15) is 0 Å². The first kappa shape index (κ1) is 10.2. The van der Waals surface area contributed by atoms with Gasteiger partial charge < -0.3 is 4.74 Å². The van der Waals surface area contributed by atoms with Crippen LogP contribution in [0.5, 0.6) is 5.75 Å². The first-order chi connectivity index (χ1) is 6.67. The Labute approximate surface area is 82.0 Å². The molecule has 0 aliphatic carbocycles. The zero-order valence-corrected chi connectivity index (χ0v) is 7.90. The molecule has 0 spiro atoms. The van der Waals surface area contributed by atoms with Crippen LogP contribution >= 0.6 is 0 Å². The molecule has 0 atom stereocenters. The molecule has 14 heavy (non-hydrogen) atoms. The van der Waals surface area contributed by atoms with Crippen LogP contribution in [0.1, 0.15) is 12.5 Å². The van der Waals surface area contributed by atoms with Crippen LogP contribution in [0.2, 0.25) is 0 Å². The average molecular weight is 193 g/mol. The van der Waals surface area contributed by atoms with E-state index in [1.807, 2.05) is 6.92 Å². The second kappa shape index (κ2) is 4.41. The number of non-ortho nitro benzene ring substituents is 1. The summed E-state index contributed by atoms with van der Waals surface area (Å²) in [6, 6.07) is 4.56. The van der Waals surface area contributed by atoms with E-state index in [1.54, 1.807) is 12.1 Å². The van der Waals surface area contributed by atoms with Gasteiger partial charge in [0.05, 0.1) is 17.6 Å². The number of nitro benzene ring substituents is 1. The lowest BCUT2D eigenvalue weighted by Gasteiger charge is -2.03. The van der Waals surface area contributed by atoms with Gasteiger partial charge >= 0.3 is 0 Å². The molecule has 1 rings (SSSR count). The van der Waals surface area contributed by atoms with Crippen molar-refractivity contribution >= 4 is 11.8 Å². The summed E-state index contributed by atoms with van der Waals surface area (Å²) in [5.41, 5.74) is 0.702. The summed E-state index contributed by atoms with van der Waals surface area (Å²) in [5.74, 6) is 0.497. The largest absolute Gasteiger partial charge is 0.494 e. The normalized spacial score (nSPS) is 9.50. The summed E-state index contributed by atoms with van der Waals surface area (Å²) in [6.07, 6.45) is 1.55. The maximum Gasteiger partial charge on any atom is 0.273 e. The van der Waals surface area contributed by atoms with Gasteiger partial charge in [-0.25, -0.2) is 0 Å². The van der Waals surface area contributed by atoms with Gasteiger partial charge in [-0.1, -0.05) is 12.7 Å². The Morgan fingerprint density at radius 1 is 1.57 bits per heavy atom. The van der Waals surface area contributed by atoms with Crippen LogP contribution in [0.15, 0.2) is 24.8 Å². The van der Waals surface area contributed by atoms with Crippen molar-refractivity contribution in [1.82, 2.24) is 0 Å². The van der Waals surface area contributed by atoms with E-state index in [0.29, 0.717) is 17.9 Å². The maximum absolute atomic E-state index is 10.5. The summed E-state index contributed by atoms with van der Waals surface area (Å²) >= 11 is 0. The summed E-state index contributed by atoms with van der Waals surface area (Å²) in [6.45, 7) is 5.86. The number of hydrogen-bond donors (Lipinski definition) is 0. The highest BCUT2D eigenvalue weighted by molar-refractivity contribution is 5.55. The van der Waals surface area contributed by atoms with E-state index in [-0.39, 0.29) is 5.69 Å². The fourth-order valence-electron chi connectivity index (χ4n) is 1.08. The molecular weight excluding hydrogens is 182 g/mol. The van der Waals surface area contributed by atoms with Crippen LogP contribution in [-0.2, 0) is 0 Å². The monoisotopic (exact) mass is 193 g/mol. The minimum atomic E-state index is -0.449. The van der Waals surface area contributed by atoms with Crippen LogP contribution in [-0.4, -0.2) is 11.5 Å². The Kier molecular flexibility index (Phi) is 3.23. The van der Waals surface area contributed by atoms with E-state index in [0.717, 1.165) is 0 Å². The Morgan fingerprint density at radius 2 is 2.29 bits per heavy atom. The Hall–Kier alpha value is -1.84. The Balaban J connectivity index is 3.12. The summed E-state index contributed by atoms with van der Waals surface area (Å²) in [5, 5.41) is 10.5. The molecule has 1 aromatic rings. The predicted molar refractivity (Wildman–Crippen MR) is 54.4 cm³/mol. The van der Waals surface area contributed by atoms with Crippen LogP contribution in [0.3, 0.4) is 0 Å². The zero-order valence-electron chi connectivity index (χ0n) is 7.90. The highest BCUT2D eigenvalue weighted by Crippen LogP contribution is 2.23. The van der Waals surface area contributed by atoms with Crippen molar-refractivity contribution in [1.29, 1.82) is 0 Å². The van der Waals surface area contributed by atoms with Crippen molar-refractivity contribution in [2.45, 2.75) is 6.92 Å². The van der Waals surface area contributed by atoms with Gasteiger partial charge in [-0.3, -0.25) is 10.1 Å². The summed E-state index contributed by atoms with van der Waals surface area (Å²) < 4.78 is 5.19. The standard InChI is InChI=1S/C10H11NO3/c1-3-8-5-9(11(12)13)7-10(6-8)14-4-2/h3,5-7H,1,4H2,2H3. The fraction of sp³-hybridized carbons (Fsp3) is 0.200. The lowest BCUT2D eigenvalue weighted by Crippen LogP contribution is -1.94. The number of nitro groups is 1. The molecule has 0 unspecified atom stereocenters. The molecule has 74 valence electrons. The Morgan fingerprint density at radius 3 is 2.79 bits per heavy atom. The van der Waals surface area contributed by atoms with Crippen molar-refractivity contribution in [2.75, 3.05) is 6.61 Å². The van der Waals surface area contributed by atoms with Gasteiger partial charge in [0.25, 0.3) is 5.69 Å². The third-order valence-electron chi connectivity index (χ3n) is 1.67. The van der Waals surface area contributed by atoms with Gasteiger partial charge in [0, 0.05) is 6.07 Å². The maximum atomic E-state index is 10.5. The van der Waals surface area contributed by atoms with Crippen molar-refractivity contribution in [3.8, 4) is 5.75 Å². The molecule has 0 bridgehead atoms. The molecule has 0 saturated carbocycles. The van der Waals surface area contributed by atoms with Crippen LogP contribution in [0.4, 0.5) is 5.69 Å². The number of rotatable bonds is 4. The summed E-state index contributed by atoms with van der Waals surface area (Å²) in [7, 11) is 0. The highest BCUT2D eigenvalue weighted by atomic mass is 16.6. The molecule has 0 N–H and O–H groups in total. The quantitative estimate of drug-likeness (QED) is 0.545. The number of benzene rings is 1. The number of nitrogens with zero attached hydrogens (tertiary/aromatic N) is 1. The second-order valence-corrected chi connectivity index (χ2v) is 2.65. The molecular formula is C10H11NO3. The van der Waals surface area contributed by atoms with Crippen molar-refractivity contribution in [2.24, 2.45) is 0 Å². The number of ether oxygens (including phenoxy) is 1. The topological polar surface area (TPSA) is 52.4 Å². The SMILES string of the molecule is C=Cc1cc(OCC)cc([N+](=O)[O-])c1. The molecule has 0 aliphatic rings. The van der Waals surface area contributed by atoms with Crippen molar-refractivity contribution in [3.05, 3.63) is 40.5 Å². The minimum Gasteiger partial charge on any atom is -0.494 e. The van der Waals surface area contributed by atoms with Crippen molar-refractivity contribution < 1.29 is 9.66 Å². The van der Waals surface area contributed by atoms with E-state index in [2.05, 4.69) is 6.58 Å². The zero-order chi connectivity index (χ0) is 10.6. The second-order valence-electron chi connectivity index (χ2n) is 2.65. The van der Waals surface area contributed by atoms with E-state index < -0.39 is 4.92 Å². The van der Waals surface area contributed by atoms with Crippen LogP contribution < -0.4 is 4.74 Å². The Bertz CT molecular complexity index is 360. The van der Waals surface area contributed by atoms with Gasteiger partial charge in [0.1, 0.15) is 5.75 Å². The third kappa shape index (κ3) is 2.32. The molecule has 4 nitrogen and oxygen atoms in total. The molecule has 1 aromatic carbocycles. The first-order valence-electron chi connectivity index (χ1n) is 4.22. The lowest BCUT2D eigenvalue weighted by molar-refractivity contribution is -0.384. The van der Waals surface area contributed by atoms with Gasteiger partial charge in [0.2, 0.25) is 0 Å². The van der Waals surface area contributed by atoms with Gasteiger partial charge in [0.15, 0.2) is 0 Å². The molecule has 0 saturated heterocycles. The smallest absolute Gasteiger partial charge is 0.273 e. The van der Waals surface area contributed by atoms with Crippen LogP contribution in [0, 0.1) is 10.1 Å². The summed E-state index contributed by atoms with van der Waals surface area (Å²) in [4.78, 5) is 10.1. The van der Waals surface area contributed by atoms with E-state index >= 15 is 0 Å². The van der Waals surface area contributed by atoms with Gasteiger partial charge in [-0.15, -0.1) is 0 Å². The van der Waals surface area contributed by atoms with Gasteiger partial charge in [-0.05, 0) is 18.6 Å². The predicted octanol–water partition coefficient (Wildman–Crippen LogP) is 2.64. The molecule has 0 radical (unpaired) electrons. The first-order valence-corrected chi connectivity index (χ1v) is 4.22. The fourth-order valence-corrected chi connectivity index (χ4v) is 1.08. The molecule has 0 fully saturated rings. The van der Waals surface area contributed by atoms with E-state index in [9.17, 15) is 10.1 Å². The molecule has 0 amide bonds. The van der Waals surface area contributed by atoms with E-state index in [4.69, 9.17) is 4.74 Å². The minimum absolute atomic E-state index is 0.0193. The van der Waals surface area contributed by atoms with Crippen LogP contribution in [0.25, 0.3) is 6.08 Å². The van der Waals surface area contributed by atoms with Crippen molar-refractivity contribution in [3.63, 3.8) is 0 Å². The molecule has 4 heteroatoms. The molecule has 0 heterocycles. The molecule has 0 aliphatic heterocycles. The number of hydrogen-bond acceptors (Lipinski definition) is 3. The lowest BCUT2D eigenvalue weighted by atomic mass is 10.2. The van der Waals surface area contributed by atoms with E-state index in [1.165, 1.54) is 12.1 Å². The molecule has 0 aromatic heterocycles.